The number of hydrogen-bond donors (Lipinski definition) is 2. The molecule has 8 fully saturated rings. The zero-order valence-electron chi connectivity index (χ0n) is 50.8. The summed E-state index contributed by atoms with van der Waals surface area (Å²) in [6, 6.07) is 9.89. The van der Waals surface area contributed by atoms with Gasteiger partial charge >= 0.3 is 73.4 Å². The number of allylic oxidation sites excluding steroid dienone is 4. The maximum absolute atomic E-state index is 11.8. The fourth-order valence-corrected chi connectivity index (χ4v) is 28.7. The average molecular weight is 1400 g/mol. The second-order valence-corrected chi connectivity index (χ2v) is 43.8. The van der Waals surface area contributed by atoms with Gasteiger partial charge in [-0.3, -0.25) is 9.59 Å². The molecule has 0 saturated heterocycles. The molecule has 2 N–H and O–H groups in total. The third kappa shape index (κ3) is 24.1. The van der Waals surface area contributed by atoms with Crippen molar-refractivity contribution in [2.45, 2.75) is 289 Å². The van der Waals surface area contributed by atoms with Gasteiger partial charge in [0.2, 0.25) is 11.8 Å². The number of hydrogen-bond acceptors (Lipinski definition) is 2. The van der Waals surface area contributed by atoms with Crippen LogP contribution in [0.1, 0.15) is 252 Å². The molecule has 2 bridgehead atoms. The van der Waals surface area contributed by atoms with Crippen LogP contribution in [0.25, 0.3) is 0 Å². The van der Waals surface area contributed by atoms with Crippen molar-refractivity contribution in [2.75, 3.05) is 13.1 Å². The summed E-state index contributed by atoms with van der Waals surface area (Å²) in [5.74, 6) is 3.86. The minimum absolute atomic E-state index is 0.0439. The molecule has 9 aliphatic rings. The van der Waals surface area contributed by atoms with E-state index in [1.807, 2.05) is 74.8 Å². The molecular weight excluding hydrogens is 1280 g/mol. The summed E-state index contributed by atoms with van der Waals surface area (Å²) >= 11 is 5.12. The second kappa shape index (κ2) is 37.2. The summed E-state index contributed by atoms with van der Waals surface area (Å²) in [7, 11) is 11.2. The zero-order valence-corrected chi connectivity index (χ0v) is 59.2. The number of carbonyl (C=O) groups is 2. The predicted molar refractivity (Wildman–Crippen MR) is 362 cm³/mol. The Bertz CT molecular complexity index is 1850. The average Bonchev–Trinajstić information content (AvgIpc) is 4.23. The number of alkyl halides is 2. The van der Waals surface area contributed by atoms with Gasteiger partial charge in [0.25, 0.3) is 0 Å². The first-order chi connectivity index (χ1) is 38.5. The molecule has 0 heterocycles. The van der Waals surface area contributed by atoms with Crippen LogP contribution in [0.2, 0.25) is 0 Å². The monoisotopic (exact) mass is 1390 g/mol. The van der Waals surface area contributed by atoms with Gasteiger partial charge in [-0.25, -0.2) is 0 Å². The quantitative estimate of drug-likeness (QED) is 0.0796. The van der Waals surface area contributed by atoms with Crippen LogP contribution in [-0.4, -0.2) is 72.1 Å². The number of amides is 2. The van der Waals surface area contributed by atoms with E-state index >= 15 is 0 Å². The fourth-order valence-electron chi connectivity index (χ4n) is 16.1. The number of rotatable bonds is 15. The molecule has 6 unspecified atom stereocenters. The van der Waals surface area contributed by atoms with Gasteiger partial charge in [0, 0.05) is 28.9 Å². The maximum atomic E-state index is 11.8. The Morgan fingerprint density at radius 1 is 0.525 bits per heavy atom. The molecule has 4 nitrogen and oxygen atoms in total. The van der Waals surface area contributed by atoms with Gasteiger partial charge < -0.3 is 10.6 Å². The molecule has 1 aromatic carbocycles. The van der Waals surface area contributed by atoms with Crippen molar-refractivity contribution in [1.29, 1.82) is 0 Å². The zero-order chi connectivity index (χ0) is 57.3. The molecule has 456 valence electrons. The van der Waals surface area contributed by atoms with Gasteiger partial charge in [0.1, 0.15) is 0 Å². The first-order valence-electron chi connectivity index (χ1n) is 33.0. The van der Waals surface area contributed by atoms with Crippen molar-refractivity contribution in [2.24, 2.45) is 35.5 Å². The SMILES string of the molecule is C1CCC([PH+](C2CCCCC2)C2CCCCC2)CC1.C1CCC([PH+](C2CCCCC2)C2CCCCC2)CC1.C=CC1CC(C=C)C(CNC(=O)C(C)(C)Br)C1.CC(C)(Br)C(=O)NCC1CC2C=CC1C2.[Cl][Ru]([Cl])=[CH]c1ccccc1. The Hall–Kier alpha value is 0.273. The van der Waals surface area contributed by atoms with Crippen LogP contribution in [0.4, 0.5) is 0 Å². The Morgan fingerprint density at radius 3 is 1.18 bits per heavy atom. The van der Waals surface area contributed by atoms with E-state index in [9.17, 15) is 9.59 Å². The van der Waals surface area contributed by atoms with E-state index in [1.165, 1.54) is 46.8 Å². The van der Waals surface area contributed by atoms with Crippen LogP contribution < -0.4 is 10.6 Å². The first kappa shape index (κ1) is 69.4. The van der Waals surface area contributed by atoms with Crippen LogP contribution >= 0.6 is 67.1 Å². The van der Waals surface area contributed by atoms with Crippen LogP contribution in [0.3, 0.4) is 0 Å². The van der Waals surface area contributed by atoms with Crippen molar-refractivity contribution in [3.63, 3.8) is 0 Å². The summed E-state index contributed by atoms with van der Waals surface area (Å²) in [6.45, 7) is 16.8. The van der Waals surface area contributed by atoms with Crippen molar-refractivity contribution in [3.8, 4) is 0 Å². The molecule has 6 atom stereocenters. The van der Waals surface area contributed by atoms with Crippen LogP contribution in [0.5, 0.6) is 0 Å². The number of benzene rings is 1. The predicted octanol–water partition coefficient (Wildman–Crippen LogP) is 20.9. The summed E-state index contributed by atoms with van der Waals surface area (Å²) in [6.07, 6.45) is 61.0. The molecule has 2 amide bonds. The molecule has 9 aliphatic carbocycles. The van der Waals surface area contributed by atoms with E-state index in [0.717, 1.165) is 37.4 Å². The number of carbonyl (C=O) groups excluding carboxylic acids is 2. The van der Waals surface area contributed by atoms with Gasteiger partial charge in [-0.2, -0.15) is 0 Å². The summed E-state index contributed by atoms with van der Waals surface area (Å²) in [5.41, 5.74) is 8.48. The standard InChI is InChI=1S/2C18H33P.C14H22BrNO.C12H18BrNO.C7H6.2ClH.Ru/c2*1-4-10-16(11-5-1)19(17-12-6-2-7-13-17)18-14-8-3-9-15-18;1-5-10-7-11(6-2)12(8-10)9-16-13(17)14(3,4)15;1-12(2,13)11(15)14-7-10-6-8-3-4-9(10)5-8;1-7-5-3-2-4-6-7;;;/h2*16-18H,1-15H2;5-6,10-12H,1-2,7-9H2,3-4H3,(H,16,17);3-4,8-10H,5-7H2,1-2H3,(H,14,15);1-6H;2*1H;/q;;;;;;;+2. The van der Waals surface area contributed by atoms with Crippen LogP contribution in [-0.2, 0) is 23.1 Å². The van der Waals surface area contributed by atoms with Crippen molar-refractivity contribution in [1.82, 2.24) is 10.6 Å². The van der Waals surface area contributed by atoms with E-state index in [4.69, 9.17) is 19.4 Å². The van der Waals surface area contributed by atoms with Gasteiger partial charge in [-0.15, -0.1) is 13.2 Å². The molecular formula is C69H114Br2Cl2N2O2P2Ru+2. The molecule has 80 heavy (non-hydrogen) atoms. The Labute approximate surface area is 523 Å². The van der Waals surface area contributed by atoms with Crippen molar-refractivity contribution in [3.05, 3.63) is 73.4 Å². The molecule has 0 aliphatic heterocycles. The molecule has 0 aromatic heterocycles. The van der Waals surface area contributed by atoms with E-state index < -0.39 is 22.2 Å². The van der Waals surface area contributed by atoms with Gasteiger partial charge in [0.05, 0.1) is 42.6 Å². The van der Waals surface area contributed by atoms with E-state index in [1.54, 1.807) is 193 Å². The van der Waals surface area contributed by atoms with Crippen molar-refractivity contribution < 1.29 is 23.1 Å². The van der Waals surface area contributed by atoms with Crippen LogP contribution in [0.15, 0.2) is 67.8 Å². The van der Waals surface area contributed by atoms with E-state index in [2.05, 4.69) is 67.8 Å². The molecule has 8 saturated carbocycles. The third-order valence-corrected chi connectivity index (χ3v) is 32.1. The normalized spacial score (nSPS) is 27.4. The first-order valence-corrected chi connectivity index (χ1v) is 43.6. The molecule has 0 radical (unpaired) electrons. The molecule has 10 rings (SSSR count). The third-order valence-electron chi connectivity index (χ3n) is 20.4. The molecule has 1 aromatic rings. The van der Waals surface area contributed by atoms with Gasteiger partial charge in [-0.05, 0) is 243 Å². The number of nitrogens with one attached hydrogen (secondary N) is 2. The number of halogens is 4. The van der Waals surface area contributed by atoms with Crippen LogP contribution in [0, 0.1) is 35.5 Å². The Kier molecular flexibility index (Phi) is 32.3. The minimum atomic E-state index is -1.61. The van der Waals surface area contributed by atoms with Gasteiger partial charge in [-0.1, -0.05) is 94.7 Å². The Morgan fingerprint density at radius 2 is 0.887 bits per heavy atom. The number of fused-ring (bicyclic) bond motifs is 2. The Balaban J connectivity index is 0.000000164. The summed E-state index contributed by atoms with van der Waals surface area (Å²) < 4.78 is 0.987. The topological polar surface area (TPSA) is 58.2 Å². The van der Waals surface area contributed by atoms with Crippen molar-refractivity contribution >= 4 is 83.5 Å². The fraction of sp³-hybridized carbons (Fsp3) is 0.783. The molecule has 11 heteroatoms. The van der Waals surface area contributed by atoms with E-state index in [0.29, 0.717) is 29.6 Å². The summed E-state index contributed by atoms with van der Waals surface area (Å²) in [5, 5.41) is 6.04. The second-order valence-electron chi connectivity index (χ2n) is 27.3. The van der Waals surface area contributed by atoms with Gasteiger partial charge in [0.15, 0.2) is 0 Å². The molecule has 0 spiro atoms. The summed E-state index contributed by atoms with van der Waals surface area (Å²) in [4.78, 5) is 23.4. The van der Waals surface area contributed by atoms with E-state index in [-0.39, 0.29) is 27.7 Å².